The van der Waals surface area contributed by atoms with Gasteiger partial charge in [0, 0.05) is 18.1 Å². The zero-order valence-corrected chi connectivity index (χ0v) is 11.9. The van der Waals surface area contributed by atoms with E-state index in [0.717, 1.165) is 24.2 Å². The van der Waals surface area contributed by atoms with Crippen LogP contribution in [0.3, 0.4) is 0 Å². The number of nitrogens with one attached hydrogen (secondary N) is 2. The molecule has 2 aliphatic rings. The van der Waals surface area contributed by atoms with Crippen LogP contribution in [0.2, 0.25) is 0 Å². The minimum Gasteiger partial charge on any atom is -0.497 e. The van der Waals surface area contributed by atoms with Crippen LogP contribution in [0, 0.1) is 0 Å². The molecular weight excluding hydrogens is 252 g/mol. The normalized spacial score (nSPS) is 28.1. The van der Waals surface area contributed by atoms with Gasteiger partial charge in [0.1, 0.15) is 5.75 Å². The Labute approximate surface area is 119 Å². The van der Waals surface area contributed by atoms with Crippen LogP contribution in [0.25, 0.3) is 0 Å². The number of hydrogen-bond acceptors (Lipinski definition) is 3. The summed E-state index contributed by atoms with van der Waals surface area (Å²) in [5.41, 5.74) is 1.03. The number of amides is 1. The van der Waals surface area contributed by atoms with Gasteiger partial charge in [-0.25, -0.2) is 0 Å². The van der Waals surface area contributed by atoms with Crippen molar-refractivity contribution < 1.29 is 9.53 Å². The lowest BCUT2D eigenvalue weighted by atomic mass is 9.99. The molecule has 0 spiro atoms. The molecule has 1 aromatic rings. The minimum atomic E-state index is 0.126. The number of ether oxygens (including phenoxy) is 1. The third kappa shape index (κ3) is 3.12. The van der Waals surface area contributed by atoms with Gasteiger partial charge < -0.3 is 15.4 Å². The van der Waals surface area contributed by atoms with Crippen LogP contribution < -0.4 is 15.4 Å². The molecule has 2 saturated heterocycles. The second kappa shape index (κ2) is 5.83. The first-order chi connectivity index (χ1) is 9.72. The van der Waals surface area contributed by atoms with Gasteiger partial charge in [-0.3, -0.25) is 4.79 Å². The van der Waals surface area contributed by atoms with Crippen molar-refractivity contribution in [1.29, 1.82) is 0 Å². The summed E-state index contributed by atoms with van der Waals surface area (Å²) in [7, 11) is 1.65. The van der Waals surface area contributed by atoms with Crippen molar-refractivity contribution in [2.24, 2.45) is 0 Å². The van der Waals surface area contributed by atoms with E-state index >= 15 is 0 Å². The van der Waals surface area contributed by atoms with Gasteiger partial charge in [0.25, 0.3) is 0 Å². The van der Waals surface area contributed by atoms with Crippen molar-refractivity contribution >= 4 is 5.91 Å². The van der Waals surface area contributed by atoms with E-state index in [0.29, 0.717) is 24.5 Å². The second-order valence-corrected chi connectivity index (χ2v) is 5.90. The van der Waals surface area contributed by atoms with E-state index in [1.807, 2.05) is 24.3 Å². The van der Waals surface area contributed by atoms with Crippen molar-refractivity contribution in [2.45, 2.75) is 50.2 Å². The Balaban J connectivity index is 1.51. The fourth-order valence-electron chi connectivity index (χ4n) is 3.38. The highest BCUT2D eigenvalue weighted by atomic mass is 16.5. The molecule has 2 fully saturated rings. The van der Waals surface area contributed by atoms with Gasteiger partial charge in [-0.1, -0.05) is 12.1 Å². The first kappa shape index (κ1) is 13.4. The van der Waals surface area contributed by atoms with Crippen LogP contribution in [0.1, 0.15) is 31.2 Å². The molecule has 2 bridgehead atoms. The molecule has 2 unspecified atom stereocenters. The molecular formula is C16H22N2O2. The Kier molecular flexibility index (Phi) is 3.92. The van der Waals surface area contributed by atoms with E-state index in [-0.39, 0.29) is 5.91 Å². The molecule has 4 heteroatoms. The number of fused-ring (bicyclic) bond motifs is 2. The van der Waals surface area contributed by atoms with Crippen LogP contribution in [0.4, 0.5) is 0 Å². The fraction of sp³-hybridized carbons (Fsp3) is 0.562. The Morgan fingerprint density at radius 1 is 1.25 bits per heavy atom. The van der Waals surface area contributed by atoms with E-state index in [9.17, 15) is 4.79 Å². The largest absolute Gasteiger partial charge is 0.497 e. The summed E-state index contributed by atoms with van der Waals surface area (Å²) in [4.78, 5) is 12.1. The van der Waals surface area contributed by atoms with Crippen LogP contribution in [0.15, 0.2) is 24.3 Å². The standard InChI is InChI=1S/C16H22N2O2/c1-20-15-6-2-11(3-7-15)8-16(19)18-14-9-12-4-5-13(10-14)17-12/h2-3,6-7,12-14,17H,4-5,8-10H2,1H3,(H,18,19). The first-order valence-electron chi connectivity index (χ1n) is 7.41. The maximum Gasteiger partial charge on any atom is 0.224 e. The van der Waals surface area contributed by atoms with Gasteiger partial charge in [0.15, 0.2) is 0 Å². The third-order valence-corrected chi connectivity index (χ3v) is 4.36. The number of methoxy groups -OCH3 is 1. The summed E-state index contributed by atoms with van der Waals surface area (Å²) in [6.45, 7) is 0. The van der Waals surface area contributed by atoms with Gasteiger partial charge in [0.2, 0.25) is 5.91 Å². The third-order valence-electron chi connectivity index (χ3n) is 4.36. The Bertz CT molecular complexity index is 460. The predicted octanol–water partition coefficient (Wildman–Crippen LogP) is 1.64. The smallest absolute Gasteiger partial charge is 0.224 e. The molecule has 0 saturated carbocycles. The van der Waals surface area contributed by atoms with E-state index in [1.54, 1.807) is 7.11 Å². The lowest BCUT2D eigenvalue weighted by Gasteiger charge is -2.29. The van der Waals surface area contributed by atoms with Crippen molar-refractivity contribution in [3.05, 3.63) is 29.8 Å². The lowest BCUT2D eigenvalue weighted by molar-refractivity contribution is -0.121. The van der Waals surface area contributed by atoms with Crippen molar-refractivity contribution in [2.75, 3.05) is 7.11 Å². The first-order valence-corrected chi connectivity index (χ1v) is 7.41. The van der Waals surface area contributed by atoms with Gasteiger partial charge in [-0.15, -0.1) is 0 Å². The fourth-order valence-corrected chi connectivity index (χ4v) is 3.38. The van der Waals surface area contributed by atoms with Gasteiger partial charge in [-0.05, 0) is 43.4 Å². The van der Waals surface area contributed by atoms with Crippen LogP contribution in [-0.4, -0.2) is 31.1 Å². The number of hydrogen-bond donors (Lipinski definition) is 2. The van der Waals surface area contributed by atoms with Crippen molar-refractivity contribution in [1.82, 2.24) is 10.6 Å². The van der Waals surface area contributed by atoms with E-state index in [1.165, 1.54) is 12.8 Å². The zero-order chi connectivity index (χ0) is 13.9. The van der Waals surface area contributed by atoms with E-state index in [2.05, 4.69) is 10.6 Å². The maximum atomic E-state index is 12.1. The van der Waals surface area contributed by atoms with E-state index < -0.39 is 0 Å². The number of carbonyl (C=O) groups excluding carboxylic acids is 1. The van der Waals surface area contributed by atoms with Crippen LogP contribution >= 0.6 is 0 Å². The molecule has 2 atom stereocenters. The predicted molar refractivity (Wildman–Crippen MR) is 77.8 cm³/mol. The molecule has 1 amide bonds. The Morgan fingerprint density at radius 2 is 1.90 bits per heavy atom. The second-order valence-electron chi connectivity index (χ2n) is 5.90. The van der Waals surface area contributed by atoms with Gasteiger partial charge in [-0.2, -0.15) is 0 Å². The van der Waals surface area contributed by atoms with Crippen LogP contribution in [-0.2, 0) is 11.2 Å². The SMILES string of the molecule is COc1ccc(CC(=O)NC2CC3CCC(C2)N3)cc1. The number of rotatable bonds is 4. The summed E-state index contributed by atoms with van der Waals surface area (Å²) >= 11 is 0. The number of piperidine rings is 1. The highest BCUT2D eigenvalue weighted by Crippen LogP contribution is 2.26. The topological polar surface area (TPSA) is 50.4 Å². The van der Waals surface area contributed by atoms with Gasteiger partial charge in [0.05, 0.1) is 13.5 Å². The number of carbonyl (C=O) groups is 1. The summed E-state index contributed by atoms with van der Waals surface area (Å²) in [6.07, 6.45) is 5.12. The summed E-state index contributed by atoms with van der Waals surface area (Å²) in [5.74, 6) is 0.950. The van der Waals surface area contributed by atoms with Gasteiger partial charge >= 0.3 is 0 Å². The zero-order valence-electron chi connectivity index (χ0n) is 11.9. The minimum absolute atomic E-state index is 0.126. The molecule has 2 heterocycles. The van der Waals surface area contributed by atoms with Crippen LogP contribution in [0.5, 0.6) is 5.75 Å². The Hall–Kier alpha value is -1.55. The molecule has 3 rings (SSSR count). The monoisotopic (exact) mass is 274 g/mol. The molecule has 2 N–H and O–H groups in total. The number of benzene rings is 1. The summed E-state index contributed by atoms with van der Waals surface area (Å²) in [5, 5.41) is 6.78. The lowest BCUT2D eigenvalue weighted by Crippen LogP contribution is -2.48. The van der Waals surface area contributed by atoms with E-state index in [4.69, 9.17) is 4.74 Å². The summed E-state index contributed by atoms with van der Waals surface area (Å²) in [6, 6.07) is 9.26. The molecule has 4 nitrogen and oxygen atoms in total. The molecule has 2 aliphatic heterocycles. The highest BCUT2D eigenvalue weighted by molar-refractivity contribution is 5.78. The average molecular weight is 274 g/mol. The Morgan fingerprint density at radius 3 is 2.50 bits per heavy atom. The molecule has 0 aliphatic carbocycles. The van der Waals surface area contributed by atoms with Crippen molar-refractivity contribution in [3.63, 3.8) is 0 Å². The highest BCUT2D eigenvalue weighted by Gasteiger charge is 2.33. The van der Waals surface area contributed by atoms with Crippen molar-refractivity contribution in [3.8, 4) is 5.75 Å². The molecule has 108 valence electrons. The summed E-state index contributed by atoms with van der Waals surface area (Å²) < 4.78 is 5.12. The quantitative estimate of drug-likeness (QED) is 0.877. The molecule has 20 heavy (non-hydrogen) atoms. The molecule has 1 aromatic carbocycles. The molecule has 0 aromatic heterocycles. The average Bonchev–Trinajstić information content (AvgIpc) is 2.78. The maximum absolute atomic E-state index is 12.1. The molecule has 0 radical (unpaired) electrons.